The van der Waals surface area contributed by atoms with Crippen LogP contribution in [-0.2, 0) is 12.8 Å². The first kappa shape index (κ1) is 18.5. The van der Waals surface area contributed by atoms with Crippen LogP contribution in [0, 0.1) is 0 Å². The third-order valence-electron chi connectivity index (χ3n) is 6.05. The van der Waals surface area contributed by atoms with Gasteiger partial charge in [-0.25, -0.2) is 0 Å². The number of nitrogens with one attached hydrogen (secondary N) is 1. The maximum absolute atomic E-state index is 12.8. The van der Waals surface area contributed by atoms with E-state index in [0.717, 1.165) is 12.8 Å². The van der Waals surface area contributed by atoms with Crippen LogP contribution in [0.2, 0.25) is 0 Å². The molecule has 0 saturated heterocycles. The lowest BCUT2D eigenvalue weighted by molar-refractivity contribution is 0.0936. The maximum atomic E-state index is 12.8. The second-order valence-electron chi connectivity index (χ2n) is 8.02. The van der Waals surface area contributed by atoms with Gasteiger partial charge in [-0.15, -0.1) is 0 Å². The molecular formula is C24H23N3O3. The zero-order valence-corrected chi connectivity index (χ0v) is 16.7. The van der Waals surface area contributed by atoms with Crippen molar-refractivity contribution in [2.24, 2.45) is 0 Å². The molecule has 6 nitrogen and oxygen atoms in total. The molecule has 2 aromatic carbocycles. The SMILES string of the molecule is C[C@H]1CN(C2c3ccccc3CCc3ccccc32)n2ccc(=O)c(O)c2C(=O)N1. The number of aryl methyl sites for hydroxylation is 2. The highest BCUT2D eigenvalue weighted by molar-refractivity contribution is 5.95. The number of hydrogen-bond acceptors (Lipinski definition) is 4. The number of hydrogen-bond donors (Lipinski definition) is 2. The van der Waals surface area contributed by atoms with Crippen LogP contribution in [0.3, 0.4) is 0 Å². The highest BCUT2D eigenvalue weighted by atomic mass is 16.3. The first-order valence-electron chi connectivity index (χ1n) is 10.2. The quantitative estimate of drug-likeness (QED) is 0.657. The van der Waals surface area contributed by atoms with Gasteiger partial charge in [0.15, 0.2) is 11.4 Å². The fraction of sp³-hybridized carbons (Fsp3) is 0.250. The number of amides is 1. The van der Waals surface area contributed by atoms with Crippen molar-refractivity contribution in [2.45, 2.75) is 31.8 Å². The van der Waals surface area contributed by atoms with E-state index in [9.17, 15) is 14.7 Å². The summed E-state index contributed by atoms with van der Waals surface area (Å²) < 4.78 is 1.65. The van der Waals surface area contributed by atoms with Crippen molar-refractivity contribution in [3.05, 3.63) is 99.0 Å². The average Bonchev–Trinajstić information content (AvgIpc) is 2.98. The molecule has 2 heterocycles. The van der Waals surface area contributed by atoms with Gasteiger partial charge in [0.05, 0.1) is 12.6 Å². The summed E-state index contributed by atoms with van der Waals surface area (Å²) in [6.07, 6.45) is 3.46. The lowest BCUT2D eigenvalue weighted by Crippen LogP contribution is -2.45. The maximum Gasteiger partial charge on any atom is 0.274 e. The Morgan fingerprint density at radius 2 is 1.53 bits per heavy atom. The van der Waals surface area contributed by atoms with Gasteiger partial charge in [0.1, 0.15) is 0 Å². The van der Waals surface area contributed by atoms with Crippen molar-refractivity contribution < 1.29 is 9.90 Å². The Bertz CT molecular complexity index is 1150. The van der Waals surface area contributed by atoms with Gasteiger partial charge >= 0.3 is 0 Å². The fourth-order valence-corrected chi connectivity index (χ4v) is 4.69. The van der Waals surface area contributed by atoms with E-state index in [4.69, 9.17) is 0 Å². The van der Waals surface area contributed by atoms with Gasteiger partial charge in [-0.05, 0) is 42.0 Å². The van der Waals surface area contributed by atoms with Crippen LogP contribution in [0.25, 0.3) is 0 Å². The van der Waals surface area contributed by atoms with Gasteiger partial charge in [0.2, 0.25) is 5.43 Å². The van der Waals surface area contributed by atoms with Crippen molar-refractivity contribution in [3.8, 4) is 5.75 Å². The minimum absolute atomic E-state index is 0.0222. The van der Waals surface area contributed by atoms with E-state index >= 15 is 0 Å². The first-order chi connectivity index (χ1) is 14.5. The van der Waals surface area contributed by atoms with E-state index in [2.05, 4.69) is 46.7 Å². The van der Waals surface area contributed by atoms with Crippen molar-refractivity contribution in [3.63, 3.8) is 0 Å². The van der Waals surface area contributed by atoms with Crippen LogP contribution in [-0.4, -0.2) is 28.3 Å². The summed E-state index contributed by atoms with van der Waals surface area (Å²) in [5.41, 5.74) is 4.29. The molecule has 5 rings (SSSR count). The number of rotatable bonds is 1. The standard InChI is InChI=1S/C24H23N3O3/c1-15-14-27(26-13-12-20(28)23(29)22(26)24(30)25-15)21-18-8-4-2-6-16(18)10-11-17-7-3-5-9-19(17)21/h2-9,12-13,15,21,29H,10-11,14H2,1H3,(H,25,30)/t15-/m0/s1. The van der Waals surface area contributed by atoms with E-state index in [0.29, 0.717) is 6.54 Å². The van der Waals surface area contributed by atoms with E-state index in [1.165, 1.54) is 28.3 Å². The summed E-state index contributed by atoms with van der Waals surface area (Å²) in [6, 6.07) is 17.7. The molecule has 152 valence electrons. The molecule has 1 amide bonds. The summed E-state index contributed by atoms with van der Waals surface area (Å²) in [6.45, 7) is 2.45. The van der Waals surface area contributed by atoms with Gasteiger partial charge in [-0.3, -0.25) is 19.3 Å². The highest BCUT2D eigenvalue weighted by Gasteiger charge is 2.35. The fourth-order valence-electron chi connectivity index (χ4n) is 4.69. The van der Waals surface area contributed by atoms with Gasteiger partial charge in [-0.2, -0.15) is 0 Å². The molecule has 1 aliphatic heterocycles. The summed E-state index contributed by atoms with van der Waals surface area (Å²) >= 11 is 0. The molecule has 1 atom stereocenters. The Kier molecular flexibility index (Phi) is 4.35. The van der Waals surface area contributed by atoms with E-state index < -0.39 is 17.1 Å². The molecule has 0 bridgehead atoms. The zero-order valence-electron chi connectivity index (χ0n) is 16.7. The number of fused-ring (bicyclic) bond motifs is 3. The number of aromatic hydroxyl groups is 1. The number of carbonyl (C=O) groups excluding carboxylic acids is 1. The van der Waals surface area contributed by atoms with Crippen molar-refractivity contribution in [2.75, 3.05) is 11.6 Å². The molecule has 6 heteroatoms. The summed E-state index contributed by atoms with van der Waals surface area (Å²) in [4.78, 5) is 24.9. The van der Waals surface area contributed by atoms with Crippen LogP contribution in [0.1, 0.15) is 45.7 Å². The topological polar surface area (TPSA) is 74.6 Å². The molecule has 0 fully saturated rings. The van der Waals surface area contributed by atoms with Gasteiger partial charge in [-0.1, -0.05) is 48.5 Å². The van der Waals surface area contributed by atoms with Crippen molar-refractivity contribution in [1.29, 1.82) is 0 Å². The Labute approximate surface area is 174 Å². The molecule has 0 spiro atoms. The second kappa shape index (κ2) is 7.06. The smallest absolute Gasteiger partial charge is 0.274 e. The van der Waals surface area contributed by atoms with Crippen LogP contribution >= 0.6 is 0 Å². The Morgan fingerprint density at radius 1 is 0.933 bits per heavy atom. The van der Waals surface area contributed by atoms with Gasteiger partial charge in [0, 0.05) is 18.3 Å². The Balaban J connectivity index is 1.80. The van der Waals surface area contributed by atoms with Crippen molar-refractivity contribution in [1.82, 2.24) is 9.99 Å². The minimum Gasteiger partial charge on any atom is -0.502 e. The monoisotopic (exact) mass is 401 g/mol. The third kappa shape index (κ3) is 2.87. The lowest BCUT2D eigenvalue weighted by atomic mass is 9.94. The van der Waals surface area contributed by atoms with E-state index in [1.54, 1.807) is 10.9 Å². The molecule has 0 saturated carbocycles. The summed E-state index contributed by atoms with van der Waals surface area (Å²) in [5.74, 6) is -0.973. The number of benzene rings is 2. The first-order valence-corrected chi connectivity index (χ1v) is 10.2. The molecule has 2 aliphatic rings. The number of carbonyl (C=O) groups is 1. The molecule has 30 heavy (non-hydrogen) atoms. The molecular weight excluding hydrogens is 378 g/mol. The summed E-state index contributed by atoms with van der Waals surface area (Å²) in [7, 11) is 0. The largest absolute Gasteiger partial charge is 0.502 e. The van der Waals surface area contributed by atoms with Crippen LogP contribution in [0.15, 0.2) is 65.6 Å². The van der Waals surface area contributed by atoms with Crippen LogP contribution in [0.4, 0.5) is 0 Å². The molecule has 0 radical (unpaired) electrons. The zero-order chi connectivity index (χ0) is 20.8. The van der Waals surface area contributed by atoms with Crippen LogP contribution in [0.5, 0.6) is 5.75 Å². The molecule has 0 unspecified atom stereocenters. The van der Waals surface area contributed by atoms with Gasteiger partial charge in [0.25, 0.3) is 5.91 Å². The Morgan fingerprint density at radius 3 is 2.17 bits per heavy atom. The lowest BCUT2D eigenvalue weighted by Gasteiger charge is -2.37. The molecule has 1 aromatic heterocycles. The predicted molar refractivity (Wildman–Crippen MR) is 115 cm³/mol. The second-order valence-corrected chi connectivity index (χ2v) is 8.02. The molecule has 1 aliphatic carbocycles. The normalized spacial score (nSPS) is 18.5. The average molecular weight is 401 g/mol. The predicted octanol–water partition coefficient (Wildman–Crippen LogP) is 2.51. The minimum atomic E-state index is -0.562. The number of pyridine rings is 1. The molecule has 3 aromatic rings. The summed E-state index contributed by atoms with van der Waals surface area (Å²) in [5, 5.41) is 15.4. The number of aromatic nitrogens is 1. The van der Waals surface area contributed by atoms with E-state index in [1.807, 2.05) is 19.1 Å². The van der Waals surface area contributed by atoms with E-state index in [-0.39, 0.29) is 17.8 Å². The van der Waals surface area contributed by atoms with Crippen molar-refractivity contribution >= 4 is 5.91 Å². The number of nitrogens with zero attached hydrogens (tertiary/aromatic N) is 2. The van der Waals surface area contributed by atoms with Gasteiger partial charge < -0.3 is 10.4 Å². The Hall–Kier alpha value is -3.54. The van der Waals surface area contributed by atoms with Crippen LogP contribution < -0.4 is 15.8 Å². The molecule has 2 N–H and O–H groups in total. The highest BCUT2D eigenvalue weighted by Crippen LogP contribution is 2.37. The third-order valence-corrected chi connectivity index (χ3v) is 6.05.